The molecule has 1 aliphatic carbocycles. The molecule has 3 rings (SSSR count). The molecule has 0 saturated carbocycles. The molecule has 6 heteroatoms. The molecule has 0 saturated heterocycles. The van der Waals surface area contributed by atoms with Crippen molar-refractivity contribution in [3.05, 3.63) is 59.2 Å². The molecule has 2 aromatic carbocycles. The van der Waals surface area contributed by atoms with Gasteiger partial charge in [0, 0.05) is 16.9 Å². The average molecular weight is 474 g/mol. The van der Waals surface area contributed by atoms with Crippen molar-refractivity contribution in [2.24, 2.45) is 10.7 Å². The van der Waals surface area contributed by atoms with E-state index in [2.05, 4.69) is 27.6 Å². The highest BCUT2D eigenvalue weighted by Crippen LogP contribution is 2.27. The molecule has 2 aromatic rings. The van der Waals surface area contributed by atoms with Crippen molar-refractivity contribution in [3.8, 4) is 12.3 Å². The van der Waals surface area contributed by atoms with Gasteiger partial charge in [-0.3, -0.25) is 4.79 Å². The number of nitrogens with one attached hydrogen (secondary N) is 2. The summed E-state index contributed by atoms with van der Waals surface area (Å²) in [6.45, 7) is -0.0614. The molecule has 0 fully saturated rings. The molecule has 0 aliphatic heterocycles. The van der Waals surface area contributed by atoms with Gasteiger partial charge in [0.05, 0.1) is 0 Å². The number of aliphatic imine (C=N–C) groups is 1. The summed E-state index contributed by atoms with van der Waals surface area (Å²) in [5, 5.41) is 5.89. The van der Waals surface area contributed by atoms with E-state index in [1.165, 1.54) is 24.0 Å². The van der Waals surface area contributed by atoms with E-state index < -0.39 is 0 Å². The quantitative estimate of drug-likeness (QED) is 0.275. The summed E-state index contributed by atoms with van der Waals surface area (Å²) in [5.41, 5.74) is 10.9. The second kappa shape index (κ2) is 9.97. The first-order chi connectivity index (χ1) is 12.7. The SMILES string of the molecule is C#Cc1cccc(NC(=O)CN=C(N)Nc2cccc3c2CCCC3)c1.I. The maximum atomic E-state index is 12.0. The van der Waals surface area contributed by atoms with Gasteiger partial charge in [0.1, 0.15) is 6.54 Å². The number of amides is 1. The Bertz CT molecular complexity index is 886. The third-order valence-electron chi connectivity index (χ3n) is 4.36. The minimum Gasteiger partial charge on any atom is -0.370 e. The molecule has 0 heterocycles. The molecule has 140 valence electrons. The third-order valence-corrected chi connectivity index (χ3v) is 4.36. The van der Waals surface area contributed by atoms with Crippen molar-refractivity contribution in [1.82, 2.24) is 0 Å². The zero-order valence-corrected chi connectivity index (χ0v) is 17.3. The number of carbonyl (C=O) groups excluding carboxylic acids is 1. The summed E-state index contributed by atoms with van der Waals surface area (Å²) >= 11 is 0. The van der Waals surface area contributed by atoms with Crippen LogP contribution in [0, 0.1) is 12.3 Å². The smallest absolute Gasteiger partial charge is 0.246 e. The van der Waals surface area contributed by atoms with Gasteiger partial charge in [-0.25, -0.2) is 4.99 Å². The van der Waals surface area contributed by atoms with Crippen LogP contribution in [0.5, 0.6) is 0 Å². The van der Waals surface area contributed by atoms with Crippen LogP contribution in [0.4, 0.5) is 11.4 Å². The molecule has 5 nitrogen and oxygen atoms in total. The number of hydrogen-bond acceptors (Lipinski definition) is 2. The number of anilines is 2. The van der Waals surface area contributed by atoms with Crippen molar-refractivity contribution < 1.29 is 4.79 Å². The number of fused-ring (bicyclic) bond motifs is 1. The number of carbonyl (C=O) groups is 1. The molecule has 0 radical (unpaired) electrons. The predicted molar refractivity (Wildman–Crippen MR) is 122 cm³/mol. The number of nitrogens with zero attached hydrogens (tertiary/aromatic N) is 1. The molecule has 1 aliphatic rings. The largest absolute Gasteiger partial charge is 0.370 e. The van der Waals surface area contributed by atoms with E-state index in [0.717, 1.165) is 18.5 Å². The van der Waals surface area contributed by atoms with Crippen molar-refractivity contribution in [1.29, 1.82) is 0 Å². The lowest BCUT2D eigenvalue weighted by molar-refractivity contribution is -0.114. The van der Waals surface area contributed by atoms with E-state index in [1.807, 2.05) is 12.1 Å². The summed E-state index contributed by atoms with van der Waals surface area (Å²) in [5.74, 6) is 2.52. The predicted octanol–water partition coefficient (Wildman–Crippen LogP) is 3.53. The van der Waals surface area contributed by atoms with Gasteiger partial charge in [0.25, 0.3) is 0 Å². The van der Waals surface area contributed by atoms with Crippen LogP contribution < -0.4 is 16.4 Å². The van der Waals surface area contributed by atoms with E-state index in [1.54, 1.807) is 24.3 Å². The van der Waals surface area contributed by atoms with Crippen molar-refractivity contribution >= 4 is 47.2 Å². The number of aryl methyl sites for hydroxylation is 1. The molecular formula is C21H23IN4O. The number of guanidine groups is 1. The molecular weight excluding hydrogens is 451 g/mol. The number of terminal acetylenes is 1. The molecule has 0 bridgehead atoms. The Morgan fingerprint density at radius 3 is 2.74 bits per heavy atom. The Labute approximate surface area is 176 Å². The average Bonchev–Trinajstić information content (AvgIpc) is 2.67. The maximum Gasteiger partial charge on any atom is 0.246 e. The van der Waals surface area contributed by atoms with Gasteiger partial charge < -0.3 is 16.4 Å². The van der Waals surface area contributed by atoms with Gasteiger partial charge in [-0.05, 0) is 61.1 Å². The first kappa shape index (κ1) is 20.8. The molecule has 0 aromatic heterocycles. The summed E-state index contributed by atoms with van der Waals surface area (Å²) < 4.78 is 0. The lowest BCUT2D eigenvalue weighted by Gasteiger charge is -2.19. The highest BCUT2D eigenvalue weighted by Gasteiger charge is 2.13. The fourth-order valence-electron chi connectivity index (χ4n) is 3.12. The highest BCUT2D eigenvalue weighted by atomic mass is 127. The maximum absolute atomic E-state index is 12.0. The topological polar surface area (TPSA) is 79.5 Å². The second-order valence-corrected chi connectivity index (χ2v) is 6.25. The Kier molecular flexibility index (Phi) is 7.67. The molecule has 0 unspecified atom stereocenters. The molecule has 27 heavy (non-hydrogen) atoms. The first-order valence-corrected chi connectivity index (χ1v) is 8.70. The minimum absolute atomic E-state index is 0. The van der Waals surface area contributed by atoms with Gasteiger partial charge in [0.15, 0.2) is 5.96 Å². The van der Waals surface area contributed by atoms with Gasteiger partial charge in [-0.1, -0.05) is 24.1 Å². The fraction of sp³-hybridized carbons (Fsp3) is 0.238. The van der Waals surface area contributed by atoms with Crippen LogP contribution in [0.2, 0.25) is 0 Å². The van der Waals surface area contributed by atoms with E-state index in [-0.39, 0.29) is 42.4 Å². The Morgan fingerprint density at radius 1 is 1.15 bits per heavy atom. The molecule has 1 amide bonds. The Hall–Kier alpha value is -2.53. The summed E-state index contributed by atoms with van der Waals surface area (Å²) in [4.78, 5) is 16.2. The number of rotatable bonds is 4. The van der Waals surface area contributed by atoms with Crippen molar-refractivity contribution in [2.75, 3.05) is 17.2 Å². The zero-order chi connectivity index (χ0) is 18.4. The highest BCUT2D eigenvalue weighted by molar-refractivity contribution is 14.0. The van der Waals surface area contributed by atoms with Crippen molar-refractivity contribution in [3.63, 3.8) is 0 Å². The summed E-state index contributed by atoms with van der Waals surface area (Å²) in [6.07, 6.45) is 9.90. The summed E-state index contributed by atoms with van der Waals surface area (Å²) in [7, 11) is 0. The zero-order valence-electron chi connectivity index (χ0n) is 15.0. The van der Waals surface area contributed by atoms with E-state index >= 15 is 0 Å². The Morgan fingerprint density at radius 2 is 1.93 bits per heavy atom. The van der Waals surface area contributed by atoms with Crippen LogP contribution in [0.25, 0.3) is 0 Å². The first-order valence-electron chi connectivity index (χ1n) is 8.70. The van der Waals surface area contributed by atoms with Crippen LogP contribution in [0.1, 0.15) is 29.5 Å². The van der Waals surface area contributed by atoms with E-state index in [4.69, 9.17) is 12.2 Å². The monoisotopic (exact) mass is 474 g/mol. The second-order valence-electron chi connectivity index (χ2n) is 6.25. The van der Waals surface area contributed by atoms with Crippen LogP contribution >= 0.6 is 24.0 Å². The standard InChI is InChI=1S/C21H22N4O.HI/c1-2-15-7-5-10-17(13-15)24-20(26)14-23-21(22)25-19-12-6-9-16-8-3-4-11-18(16)19;/h1,5-7,9-10,12-13H,3-4,8,11,14H2,(H,24,26)(H3,22,23,25);1H. The van der Waals surface area contributed by atoms with Gasteiger partial charge >= 0.3 is 0 Å². The van der Waals surface area contributed by atoms with Crippen LogP contribution in [-0.2, 0) is 17.6 Å². The lowest BCUT2D eigenvalue weighted by atomic mass is 9.90. The third kappa shape index (κ3) is 5.73. The van der Waals surface area contributed by atoms with Crippen molar-refractivity contribution in [2.45, 2.75) is 25.7 Å². The number of hydrogen-bond donors (Lipinski definition) is 3. The minimum atomic E-state index is -0.251. The molecule has 4 N–H and O–H groups in total. The number of halogens is 1. The normalized spacial score (nSPS) is 12.9. The van der Waals surface area contributed by atoms with E-state index in [9.17, 15) is 4.79 Å². The molecule has 0 spiro atoms. The van der Waals surface area contributed by atoms with Crippen LogP contribution in [0.15, 0.2) is 47.5 Å². The number of nitrogens with two attached hydrogens (primary N) is 1. The van der Waals surface area contributed by atoms with Crippen LogP contribution in [-0.4, -0.2) is 18.4 Å². The lowest BCUT2D eigenvalue weighted by Crippen LogP contribution is -2.26. The van der Waals surface area contributed by atoms with E-state index in [0.29, 0.717) is 11.3 Å². The Balaban J connectivity index is 0.00000261. The number of benzene rings is 2. The van der Waals surface area contributed by atoms with Crippen LogP contribution in [0.3, 0.4) is 0 Å². The fourth-order valence-corrected chi connectivity index (χ4v) is 3.12. The van der Waals surface area contributed by atoms with Gasteiger partial charge in [0.2, 0.25) is 5.91 Å². The molecule has 0 atom stereocenters. The van der Waals surface area contributed by atoms with Gasteiger partial charge in [-0.2, -0.15) is 0 Å². The summed E-state index contributed by atoms with van der Waals surface area (Å²) in [6, 6.07) is 13.3. The van der Waals surface area contributed by atoms with Gasteiger partial charge in [-0.15, -0.1) is 30.4 Å².